The Morgan fingerprint density at radius 2 is 1.18 bits per heavy atom. The van der Waals surface area contributed by atoms with E-state index >= 15 is 0 Å². The summed E-state index contributed by atoms with van der Waals surface area (Å²) in [4.78, 5) is 27.5. The largest absolute Gasteiger partial charge is 1.00 e. The van der Waals surface area contributed by atoms with Crippen LogP contribution < -0.4 is 139 Å². The van der Waals surface area contributed by atoms with Crippen LogP contribution in [0.1, 0.15) is 45.8 Å². The summed E-state index contributed by atoms with van der Waals surface area (Å²) >= 11 is 0. The van der Waals surface area contributed by atoms with E-state index in [2.05, 4.69) is 58.0 Å². The Kier molecular flexibility index (Phi) is 35.4. The number of rotatable bonds is 22. The van der Waals surface area contributed by atoms with Crippen LogP contribution in [0.15, 0.2) is 94.7 Å². The molecule has 2 heterocycles. The van der Waals surface area contributed by atoms with Gasteiger partial charge in [-0.3, -0.25) is 0 Å². The summed E-state index contributed by atoms with van der Waals surface area (Å²) in [6, 6.07) is 26.8. The Bertz CT molecular complexity index is 3210. The zero-order chi connectivity index (χ0) is 52.8. The summed E-state index contributed by atoms with van der Waals surface area (Å²) in [7, 11) is -15.9. The van der Waals surface area contributed by atoms with Crippen LogP contribution in [-0.2, 0) is 54.3 Å². The van der Waals surface area contributed by atoms with Gasteiger partial charge in [0.1, 0.15) is 31.9 Å². The third-order valence-electron chi connectivity index (χ3n) is 9.18. The fraction of sp³-hybridized carbons (Fsp3) is 0.238. The monoisotopic (exact) mass is 1160 g/mol. The van der Waals surface area contributed by atoms with Crippen molar-refractivity contribution in [1.29, 1.82) is 0 Å². The Hall–Kier alpha value is -3.10. The van der Waals surface area contributed by atoms with Crippen LogP contribution in [0.2, 0.25) is 0 Å². The van der Waals surface area contributed by atoms with E-state index < -0.39 is 63.9 Å². The first-order chi connectivity index (χ1) is 34.2. The Morgan fingerprint density at radius 1 is 0.632 bits per heavy atom. The van der Waals surface area contributed by atoms with Crippen molar-refractivity contribution in [3.05, 3.63) is 137 Å². The fourth-order valence-electron chi connectivity index (χ4n) is 6.14. The van der Waals surface area contributed by atoms with Crippen molar-refractivity contribution in [2.24, 2.45) is 0 Å². The van der Waals surface area contributed by atoms with Crippen molar-refractivity contribution < 1.29 is 190 Å². The maximum absolute atomic E-state index is 12.5. The van der Waals surface area contributed by atoms with Crippen molar-refractivity contribution in [3.8, 4) is 0 Å². The Labute approximate surface area is 528 Å². The van der Waals surface area contributed by atoms with Gasteiger partial charge in [-0.2, -0.15) is 66.4 Å². The molecular formula is C42H42N10Na4O16S4. The molecule has 0 aliphatic carbocycles. The van der Waals surface area contributed by atoms with Gasteiger partial charge in [0.2, 0.25) is 17.8 Å². The van der Waals surface area contributed by atoms with E-state index in [-0.39, 0.29) is 205 Å². The number of hydrogen-bond acceptors (Lipinski definition) is 26. The molecule has 0 bridgehead atoms. The molecule has 0 fully saturated rings. The van der Waals surface area contributed by atoms with Gasteiger partial charge < -0.3 is 50.4 Å². The molecule has 0 aliphatic rings. The first kappa shape index (κ1) is 72.9. The van der Waals surface area contributed by atoms with E-state index in [1.165, 1.54) is 30.3 Å². The number of nitrogens with zero attached hydrogens (tertiary/aromatic N) is 7. The van der Waals surface area contributed by atoms with Crippen molar-refractivity contribution in [2.75, 3.05) is 61.6 Å². The van der Waals surface area contributed by atoms with Gasteiger partial charge >= 0.3 is 139 Å². The minimum absolute atomic E-state index is 0. The molecule has 6 rings (SSSR count). The zero-order valence-electron chi connectivity index (χ0n) is 41.1. The van der Waals surface area contributed by atoms with E-state index in [9.17, 15) is 46.4 Å². The molecular weight excluding hydrogens is 1120 g/mol. The summed E-state index contributed by atoms with van der Waals surface area (Å²) in [6.07, 6.45) is 3.51. The number of anilines is 5. The second-order valence-electron chi connectivity index (χ2n) is 14.2. The molecule has 0 aliphatic heterocycles. The third kappa shape index (κ3) is 26.2. The van der Waals surface area contributed by atoms with Crippen LogP contribution in [0, 0.1) is 12.1 Å². The molecule has 34 heteroatoms. The molecule has 384 valence electrons. The maximum Gasteiger partial charge on any atom is 1.00 e. The van der Waals surface area contributed by atoms with Crippen molar-refractivity contribution in [3.63, 3.8) is 0 Å². The summed E-state index contributed by atoms with van der Waals surface area (Å²) in [6.45, 7) is -0.694. The van der Waals surface area contributed by atoms with Crippen LogP contribution >= 0.6 is 0 Å². The van der Waals surface area contributed by atoms with Gasteiger partial charge in [0.25, 0.3) is 0 Å². The van der Waals surface area contributed by atoms with Gasteiger partial charge in [0.15, 0.2) is 5.82 Å². The normalized spacial score (nSPS) is 11.0. The molecule has 1 atom stereocenters. The number of nitrogens with one attached hydrogen (secondary N) is 3. The van der Waals surface area contributed by atoms with Crippen LogP contribution in [-0.4, -0.2) is 148 Å². The molecule has 0 saturated carbocycles. The molecule has 7 N–H and O–H groups in total. The van der Waals surface area contributed by atoms with E-state index in [0.717, 1.165) is 17.7 Å². The average molecular weight is 1160 g/mol. The SMILES string of the molecule is O=S(=O)([O-])c1ccc(Nc2nc(Cc3c[c-]c(/C=C/c4ccc(Nc5nc(Cc6cc[c-]cc6)nc(N(CCO)CCO)n5)cc4S(=O)(=O)[O-])cc3)nc(C(CO)NCCO)n2)cc1.O=S(=O)=O.O=S(=O)=O.[Na+].[Na+].[Na+].[Na+]. The van der Waals surface area contributed by atoms with E-state index in [0.29, 0.717) is 29.1 Å². The van der Waals surface area contributed by atoms with Crippen LogP contribution in [0.3, 0.4) is 0 Å². The first-order valence-corrected chi connectivity index (χ1v) is 25.3. The molecule has 0 saturated heterocycles. The van der Waals surface area contributed by atoms with Crippen LogP contribution in [0.4, 0.5) is 29.2 Å². The molecule has 0 radical (unpaired) electrons. The summed E-state index contributed by atoms with van der Waals surface area (Å²) in [5.74, 6) is 1.04. The number of benzene rings is 4. The fourth-order valence-corrected chi connectivity index (χ4v) is 7.30. The third-order valence-corrected chi connectivity index (χ3v) is 10.9. The van der Waals surface area contributed by atoms with Gasteiger partial charge in [0.05, 0.1) is 42.3 Å². The second kappa shape index (κ2) is 37.0. The number of aliphatic hydroxyl groups is 4. The van der Waals surface area contributed by atoms with Gasteiger partial charge in [0, 0.05) is 37.4 Å². The van der Waals surface area contributed by atoms with Gasteiger partial charge in [-0.1, -0.05) is 12.1 Å². The minimum Gasteiger partial charge on any atom is -0.744 e. The quantitative estimate of drug-likeness (QED) is 0.0144. The molecule has 0 amide bonds. The average Bonchev–Trinajstić information content (AvgIpc) is 3.31. The Balaban J connectivity index is 0.00000437. The second-order valence-corrected chi connectivity index (χ2v) is 17.8. The van der Waals surface area contributed by atoms with Gasteiger partial charge in [-0.25, -0.2) is 21.8 Å². The van der Waals surface area contributed by atoms with Crippen molar-refractivity contribution >= 4 is 82.8 Å². The predicted molar refractivity (Wildman–Crippen MR) is 251 cm³/mol. The summed E-state index contributed by atoms with van der Waals surface area (Å²) in [5, 5.41) is 47.5. The zero-order valence-corrected chi connectivity index (χ0v) is 52.4. The van der Waals surface area contributed by atoms with Crippen molar-refractivity contribution in [1.82, 2.24) is 35.2 Å². The van der Waals surface area contributed by atoms with E-state index in [1.54, 1.807) is 47.4 Å². The number of aliphatic hydroxyl groups excluding tert-OH is 4. The van der Waals surface area contributed by atoms with Crippen LogP contribution in [0.25, 0.3) is 12.2 Å². The Morgan fingerprint density at radius 3 is 1.71 bits per heavy atom. The van der Waals surface area contributed by atoms with E-state index in [1.807, 2.05) is 12.1 Å². The van der Waals surface area contributed by atoms with Crippen molar-refractivity contribution in [2.45, 2.75) is 28.7 Å². The topological polar surface area (TPSA) is 414 Å². The standard InChI is InChI=1S/C42H44N10O10S2.4Na.2O3S/c53-21-18-43-35(27-56)39-46-37(47-40(50-39)44-32-14-16-34(17-15-32)63(57,58)59)25-30-8-6-28(7-9-30)10-11-31-12-13-33(26-36(31)64(60,61)62)45-41-48-38(24-29-4-2-1-3-5-29)49-42(51-41)52(19-22-54)20-23-55;;;;;2*1-4(2)3/h2-6,8-17,26,35,43,53-56H,18-25,27H2,(H,57,58,59)(H,60,61,62)(H,44,46,47,50)(H,45,48,49,51);;;;;;/q-2;4*+1;;/p-2/b11-10+;;;;;;. The summed E-state index contributed by atoms with van der Waals surface area (Å²) < 4.78 is 122. The molecule has 26 nitrogen and oxygen atoms in total. The maximum atomic E-state index is 12.5. The molecule has 1 unspecified atom stereocenters. The molecule has 2 aromatic heterocycles. The molecule has 76 heavy (non-hydrogen) atoms. The predicted octanol–water partition coefficient (Wildman–Crippen LogP) is -12.3. The molecule has 4 aromatic carbocycles. The number of aromatic nitrogens is 6. The smallest absolute Gasteiger partial charge is 0.744 e. The van der Waals surface area contributed by atoms with E-state index in [4.69, 9.17) is 25.3 Å². The summed E-state index contributed by atoms with van der Waals surface area (Å²) in [5.41, 5.74) is 2.78. The first-order valence-electron chi connectivity index (χ1n) is 20.5. The molecule has 6 aromatic rings. The van der Waals surface area contributed by atoms with Crippen LogP contribution in [0.5, 0.6) is 0 Å². The van der Waals surface area contributed by atoms with Gasteiger partial charge in [-0.15, -0.1) is 61.2 Å². The minimum atomic E-state index is -4.99. The molecule has 0 spiro atoms. The van der Waals surface area contributed by atoms with Gasteiger partial charge in [-0.05, 0) is 48.4 Å². The number of hydrogen-bond donors (Lipinski definition) is 7.